The van der Waals surface area contributed by atoms with Gasteiger partial charge >= 0.3 is 0 Å². The summed E-state index contributed by atoms with van der Waals surface area (Å²) in [5.74, 6) is 1.05. The highest BCUT2D eigenvalue weighted by Gasteiger charge is 2.89. The minimum Gasteiger partial charge on any atom is -0.394 e. The van der Waals surface area contributed by atoms with Crippen molar-refractivity contribution in [2.24, 2.45) is 56.7 Å². The second-order valence-corrected chi connectivity index (χ2v) is 19.3. The van der Waals surface area contributed by atoms with E-state index in [2.05, 4.69) is 33.8 Å². The van der Waals surface area contributed by atoms with Crippen LogP contribution in [-0.2, 0) is 14.2 Å². The van der Waals surface area contributed by atoms with Crippen molar-refractivity contribution >= 4 is 0 Å². The summed E-state index contributed by atoms with van der Waals surface area (Å²) in [5.41, 5.74) is 0.851. The minimum atomic E-state index is -1.47. The standard InChI is InChI=1S/C40H66O12/c1-19(7-11-26(43)37(4,5)28-31(46)29(44)23(17-41)50-34(28)49)20-13-14-40-25-10-8-21-22(39(25,40)16-15-38(20,40)6)9-12-27(36(21,2)3)52-35-33(48)32(47)30(45)24(18-42)51-35/h8,19-20,22-35,41-49H,7,9-18H2,1-6H3. The second-order valence-electron chi connectivity index (χ2n) is 19.3. The smallest absolute Gasteiger partial charge is 0.187 e. The van der Waals surface area contributed by atoms with Crippen molar-refractivity contribution in [3.63, 3.8) is 0 Å². The maximum atomic E-state index is 11.5. The molecule has 2 saturated heterocycles. The molecule has 298 valence electrons. The zero-order valence-corrected chi connectivity index (χ0v) is 31.8. The van der Waals surface area contributed by atoms with Crippen LogP contribution in [0.4, 0.5) is 0 Å². The van der Waals surface area contributed by atoms with Gasteiger partial charge in [0.05, 0.1) is 31.5 Å². The number of aliphatic hydroxyl groups excluding tert-OH is 9. The van der Waals surface area contributed by atoms with Crippen molar-refractivity contribution in [1.29, 1.82) is 0 Å². The summed E-state index contributed by atoms with van der Waals surface area (Å²) >= 11 is 0. The van der Waals surface area contributed by atoms with Crippen molar-refractivity contribution in [2.45, 2.75) is 167 Å². The van der Waals surface area contributed by atoms with Gasteiger partial charge in [0.1, 0.15) is 36.6 Å². The van der Waals surface area contributed by atoms with E-state index in [-0.39, 0.29) is 27.8 Å². The monoisotopic (exact) mass is 738 g/mol. The number of hydrogen-bond acceptors (Lipinski definition) is 12. The summed E-state index contributed by atoms with van der Waals surface area (Å²) in [7, 11) is 0. The molecule has 19 unspecified atom stereocenters. The number of fused-ring (bicyclic) bond motifs is 1. The van der Waals surface area contributed by atoms with E-state index in [9.17, 15) is 46.0 Å². The van der Waals surface area contributed by atoms with E-state index >= 15 is 0 Å². The molecule has 7 rings (SSSR count). The SMILES string of the molecule is CC(CCC(O)C(C)(C)C1C(O)OC(CO)C(O)C1O)C1CCC23C4CC=C5C(CCC(OC6OC(CO)C(O)C(O)C6O)C5(C)C)C42CCC13C. The summed E-state index contributed by atoms with van der Waals surface area (Å²) in [4.78, 5) is 0. The van der Waals surface area contributed by atoms with Crippen LogP contribution in [0.1, 0.15) is 99.3 Å². The van der Waals surface area contributed by atoms with E-state index in [0.29, 0.717) is 30.1 Å². The number of hydrogen-bond donors (Lipinski definition) is 9. The maximum absolute atomic E-state index is 11.5. The van der Waals surface area contributed by atoms with Crippen LogP contribution in [0.5, 0.6) is 0 Å². The minimum absolute atomic E-state index is 0.182. The molecule has 7 aliphatic rings. The normalized spacial score (nSPS) is 52.2. The van der Waals surface area contributed by atoms with Crippen LogP contribution in [0.15, 0.2) is 11.6 Å². The van der Waals surface area contributed by atoms with Crippen LogP contribution < -0.4 is 0 Å². The Kier molecular flexibility index (Phi) is 10.2. The highest BCUT2D eigenvalue weighted by Crippen LogP contribution is 2.94. The Morgan fingerprint density at radius 1 is 0.827 bits per heavy atom. The average molecular weight is 739 g/mol. The zero-order valence-electron chi connectivity index (χ0n) is 31.8. The molecule has 4 saturated carbocycles. The highest BCUT2D eigenvalue weighted by atomic mass is 16.7. The topological polar surface area (TPSA) is 210 Å². The van der Waals surface area contributed by atoms with Gasteiger partial charge in [0, 0.05) is 16.7 Å². The molecule has 0 aromatic carbocycles. The van der Waals surface area contributed by atoms with Gasteiger partial charge in [-0.15, -0.1) is 0 Å². The van der Waals surface area contributed by atoms with Crippen LogP contribution in [0.2, 0.25) is 0 Å². The summed E-state index contributed by atoms with van der Waals surface area (Å²) < 4.78 is 17.6. The molecule has 0 radical (unpaired) electrons. The van der Waals surface area contributed by atoms with E-state index < -0.39 is 86.0 Å². The van der Waals surface area contributed by atoms with E-state index in [1.54, 1.807) is 13.8 Å². The lowest BCUT2D eigenvalue weighted by Gasteiger charge is -2.51. The van der Waals surface area contributed by atoms with Gasteiger partial charge in [-0.3, -0.25) is 0 Å². The molecule has 12 heteroatoms. The first kappa shape index (κ1) is 39.5. The Morgan fingerprint density at radius 3 is 2.15 bits per heavy atom. The Bertz CT molecular complexity index is 1350. The van der Waals surface area contributed by atoms with E-state index in [1.165, 1.54) is 24.8 Å². The van der Waals surface area contributed by atoms with Crippen molar-refractivity contribution in [1.82, 2.24) is 0 Å². The number of aliphatic hydroxyl groups is 9. The zero-order chi connectivity index (χ0) is 37.9. The Balaban J connectivity index is 1.02. The van der Waals surface area contributed by atoms with Gasteiger partial charge in [-0.1, -0.05) is 53.2 Å². The molecular weight excluding hydrogens is 672 g/mol. The molecular formula is C40H66O12. The molecule has 19 atom stereocenters. The predicted octanol–water partition coefficient (Wildman–Crippen LogP) is 1.60. The molecule has 0 bridgehead atoms. The molecule has 12 nitrogen and oxygen atoms in total. The number of ether oxygens (including phenoxy) is 3. The first-order valence-corrected chi connectivity index (χ1v) is 20.0. The summed E-state index contributed by atoms with van der Waals surface area (Å²) in [6, 6.07) is 0. The Labute approximate surface area is 308 Å². The molecule has 2 heterocycles. The number of allylic oxidation sites excluding steroid dienone is 1. The van der Waals surface area contributed by atoms with Crippen molar-refractivity contribution < 1.29 is 60.2 Å². The van der Waals surface area contributed by atoms with E-state index in [1.807, 2.05) is 0 Å². The highest BCUT2D eigenvalue weighted by molar-refractivity contribution is 5.43. The summed E-state index contributed by atoms with van der Waals surface area (Å²) in [5, 5.41) is 94.3. The largest absolute Gasteiger partial charge is 0.394 e. The lowest BCUT2D eigenvalue weighted by atomic mass is 9.58. The van der Waals surface area contributed by atoms with Gasteiger partial charge in [-0.25, -0.2) is 0 Å². The van der Waals surface area contributed by atoms with Gasteiger partial charge in [-0.2, -0.15) is 0 Å². The third-order valence-corrected chi connectivity index (χ3v) is 16.9. The number of rotatable bonds is 10. The van der Waals surface area contributed by atoms with Crippen molar-refractivity contribution in [2.75, 3.05) is 13.2 Å². The van der Waals surface area contributed by atoms with E-state index in [4.69, 9.17) is 14.2 Å². The fourth-order valence-electron chi connectivity index (χ4n) is 14.1. The quantitative estimate of drug-likeness (QED) is 0.147. The van der Waals surface area contributed by atoms with Crippen LogP contribution in [-0.4, -0.2) is 127 Å². The lowest BCUT2D eigenvalue weighted by Crippen LogP contribution is -2.61. The van der Waals surface area contributed by atoms with Crippen LogP contribution in [0.25, 0.3) is 0 Å². The fraction of sp³-hybridized carbons (Fsp3) is 0.950. The van der Waals surface area contributed by atoms with Crippen LogP contribution in [0, 0.1) is 56.7 Å². The van der Waals surface area contributed by atoms with Gasteiger partial charge in [0.2, 0.25) is 0 Å². The lowest BCUT2D eigenvalue weighted by molar-refractivity contribution is -0.319. The summed E-state index contributed by atoms with van der Waals surface area (Å²) in [6.07, 6.45) is -1.45. The average Bonchev–Trinajstić information content (AvgIpc) is 3.43. The first-order valence-electron chi connectivity index (χ1n) is 20.0. The van der Waals surface area contributed by atoms with Crippen molar-refractivity contribution in [3.05, 3.63) is 11.6 Å². The summed E-state index contributed by atoms with van der Waals surface area (Å²) in [6.45, 7) is 11.9. The van der Waals surface area contributed by atoms with Gasteiger partial charge in [-0.05, 0) is 97.7 Å². The molecule has 0 aromatic rings. The Hall–Kier alpha value is -0.740. The third kappa shape index (κ3) is 5.29. The van der Waals surface area contributed by atoms with Gasteiger partial charge < -0.3 is 60.2 Å². The molecule has 0 aromatic heterocycles. The third-order valence-electron chi connectivity index (χ3n) is 16.9. The van der Waals surface area contributed by atoms with Gasteiger partial charge in [0.25, 0.3) is 0 Å². The second kappa shape index (κ2) is 13.4. The van der Waals surface area contributed by atoms with Gasteiger partial charge in [0.15, 0.2) is 12.6 Å². The molecule has 6 fully saturated rings. The molecule has 0 amide bonds. The molecule has 52 heavy (non-hydrogen) atoms. The first-order chi connectivity index (χ1) is 24.4. The van der Waals surface area contributed by atoms with Crippen molar-refractivity contribution in [3.8, 4) is 0 Å². The Morgan fingerprint density at radius 2 is 1.48 bits per heavy atom. The molecule has 2 spiro atoms. The fourth-order valence-corrected chi connectivity index (χ4v) is 14.1. The maximum Gasteiger partial charge on any atom is 0.187 e. The predicted molar refractivity (Wildman–Crippen MR) is 188 cm³/mol. The molecule has 5 aliphatic carbocycles. The van der Waals surface area contributed by atoms with E-state index in [0.717, 1.165) is 32.1 Å². The van der Waals surface area contributed by atoms with Crippen LogP contribution >= 0.6 is 0 Å². The molecule has 9 N–H and O–H groups in total. The molecule has 2 aliphatic heterocycles. The van der Waals surface area contributed by atoms with Crippen LogP contribution in [0.3, 0.4) is 0 Å².